The first-order chi connectivity index (χ1) is 1.41. The molecule has 0 N–H and O–H groups in total. The van der Waals surface area contributed by atoms with E-state index < -0.39 is 23.2 Å². The Morgan fingerprint density at radius 2 is 1.25 bits per heavy atom. The molecule has 0 heterocycles. The van der Waals surface area contributed by atoms with Crippen molar-refractivity contribution < 1.29 is 54.7 Å². The van der Waals surface area contributed by atoms with Gasteiger partial charge in [-0.3, -0.25) is 0 Å². The van der Waals surface area contributed by atoms with Gasteiger partial charge in [0.15, 0.2) is 0 Å². The Kier molecular flexibility index (Phi) is 19.9. The molecule has 4 heteroatoms. The molecular formula is O2ScZr. The Bertz CT molecular complexity index is 27.0. The summed E-state index contributed by atoms with van der Waals surface area (Å²) in [6.45, 7) is 0. The standard InChI is InChI=1S/2O.Sc.Zr. The van der Waals surface area contributed by atoms with E-state index in [-0.39, 0.29) is 25.8 Å². The number of hydrogen-bond donors (Lipinski definition) is 0. The zero-order valence-corrected chi connectivity index (χ0v) is 6.16. The summed E-state index contributed by atoms with van der Waals surface area (Å²) in [5.74, 6) is 0. The Labute approximate surface area is 54.2 Å². The van der Waals surface area contributed by atoms with Crippen LogP contribution in [-0.4, -0.2) is 0 Å². The van der Waals surface area contributed by atoms with Crippen molar-refractivity contribution in [3.05, 3.63) is 0 Å². The smallest absolute Gasteiger partial charge is 0 e. The van der Waals surface area contributed by atoms with Crippen LogP contribution in [0.2, 0.25) is 0 Å². The van der Waals surface area contributed by atoms with E-state index in [9.17, 15) is 0 Å². The van der Waals surface area contributed by atoms with Crippen molar-refractivity contribution >= 4 is 0 Å². The molecule has 0 fully saturated rings. The van der Waals surface area contributed by atoms with Crippen molar-refractivity contribution in [1.82, 2.24) is 0 Å². The van der Waals surface area contributed by atoms with Gasteiger partial charge in [-0.15, -0.1) is 0 Å². The van der Waals surface area contributed by atoms with E-state index in [1.165, 1.54) is 0 Å². The van der Waals surface area contributed by atoms with Crippen LogP contribution in [0, 0.1) is 0 Å². The molecule has 0 aliphatic carbocycles. The van der Waals surface area contributed by atoms with Gasteiger partial charge in [0.05, 0.1) is 0 Å². The molecule has 0 saturated heterocycles. The molecule has 19 valence electrons. The third-order valence-corrected chi connectivity index (χ3v) is 0. The third kappa shape index (κ3) is 10.1. The maximum atomic E-state index is 8.54. The molecule has 0 aliphatic rings. The molecule has 0 rings (SSSR count). The molecule has 0 aliphatic heterocycles. The van der Waals surface area contributed by atoms with Crippen LogP contribution in [-0.2, 0) is 54.7 Å². The van der Waals surface area contributed by atoms with Crippen molar-refractivity contribution in [3.63, 3.8) is 0 Å². The first-order valence-corrected chi connectivity index (χ1v) is 2.42. The van der Waals surface area contributed by atoms with Crippen LogP contribution in [0.4, 0.5) is 0 Å². The van der Waals surface area contributed by atoms with Crippen molar-refractivity contribution in [2.24, 2.45) is 0 Å². The molecule has 1 radical (unpaired) electrons. The van der Waals surface area contributed by atoms with E-state index >= 15 is 0 Å². The van der Waals surface area contributed by atoms with Crippen LogP contribution in [0.1, 0.15) is 0 Å². The minimum absolute atomic E-state index is 0. The summed E-state index contributed by atoms with van der Waals surface area (Å²) in [5, 5.41) is 0. The third-order valence-electron chi connectivity index (χ3n) is 0. The van der Waals surface area contributed by atoms with Crippen LogP contribution in [0.3, 0.4) is 0 Å². The van der Waals surface area contributed by atoms with Crippen LogP contribution in [0.5, 0.6) is 0 Å². The van der Waals surface area contributed by atoms with E-state index in [0.717, 1.165) is 0 Å². The van der Waals surface area contributed by atoms with Crippen molar-refractivity contribution in [2.45, 2.75) is 0 Å². The second kappa shape index (κ2) is 8.84. The van der Waals surface area contributed by atoms with Gasteiger partial charge in [0.25, 0.3) is 0 Å². The minimum Gasteiger partial charge on any atom is 0 e. The van der Waals surface area contributed by atoms with Gasteiger partial charge in [0.1, 0.15) is 0 Å². The Morgan fingerprint density at radius 3 is 1.25 bits per heavy atom. The molecular weight excluding hydrogens is 168 g/mol. The number of hydrogen-bond acceptors (Lipinski definition) is 2. The monoisotopic (exact) mass is 167 g/mol. The fourth-order valence-corrected chi connectivity index (χ4v) is 0. The zero-order valence-electron chi connectivity index (χ0n) is 1.89. The average molecular weight is 168 g/mol. The summed E-state index contributed by atoms with van der Waals surface area (Å²) in [6.07, 6.45) is 0. The second-order valence-electron chi connectivity index (χ2n) is 0.0833. The quantitative estimate of drug-likeness (QED) is 0.500. The zero-order chi connectivity index (χ0) is 2.71. The summed E-state index contributed by atoms with van der Waals surface area (Å²) in [6, 6.07) is 0. The summed E-state index contributed by atoms with van der Waals surface area (Å²) < 4.78 is 17.1. The fourth-order valence-electron chi connectivity index (χ4n) is 0. The molecule has 0 amide bonds. The van der Waals surface area contributed by atoms with Crippen molar-refractivity contribution in [1.29, 1.82) is 0 Å². The van der Waals surface area contributed by atoms with E-state index in [2.05, 4.69) is 0 Å². The minimum atomic E-state index is -2.27. The van der Waals surface area contributed by atoms with Gasteiger partial charge in [-0.25, -0.2) is 0 Å². The molecule has 0 aromatic rings. The Morgan fingerprint density at radius 1 is 1.25 bits per heavy atom. The van der Waals surface area contributed by atoms with E-state index in [1.54, 1.807) is 0 Å². The normalized spacial score (nSPS) is 2.00. The number of rotatable bonds is 0. The van der Waals surface area contributed by atoms with E-state index in [1.807, 2.05) is 0 Å². The average Bonchev–Trinajstić information content (AvgIpc) is 0.918. The molecule has 0 spiro atoms. The van der Waals surface area contributed by atoms with Gasteiger partial charge in [0.2, 0.25) is 0 Å². The predicted octanol–water partition coefficient (Wildman–Crippen LogP) is -0.243. The maximum absolute atomic E-state index is 8.54. The molecule has 0 unspecified atom stereocenters. The Hall–Kier alpha value is 1.35. The van der Waals surface area contributed by atoms with Crippen molar-refractivity contribution in [2.75, 3.05) is 0 Å². The molecule has 4 heavy (non-hydrogen) atoms. The van der Waals surface area contributed by atoms with E-state index in [4.69, 9.17) is 5.63 Å². The van der Waals surface area contributed by atoms with Crippen LogP contribution in [0.25, 0.3) is 0 Å². The van der Waals surface area contributed by atoms with E-state index in [0.29, 0.717) is 0 Å². The predicted molar refractivity (Wildman–Crippen MR) is 1.37 cm³/mol. The molecule has 0 saturated carbocycles. The summed E-state index contributed by atoms with van der Waals surface area (Å²) in [5.41, 5.74) is 0. The molecule has 0 atom stereocenters. The summed E-state index contributed by atoms with van der Waals surface area (Å²) in [7, 11) is 0. The fraction of sp³-hybridized carbons (Fsp3) is 0. The second-order valence-corrected chi connectivity index (χ2v) is 0.493. The van der Waals surface area contributed by atoms with Gasteiger partial charge < -0.3 is 0 Å². The van der Waals surface area contributed by atoms with Gasteiger partial charge in [-0.05, 0) is 0 Å². The Balaban J connectivity index is 0. The van der Waals surface area contributed by atoms with Gasteiger partial charge in [-0.1, -0.05) is 0 Å². The SMILES string of the molecule is [O]=[Zr]=[O].[Sc]. The van der Waals surface area contributed by atoms with Gasteiger partial charge in [-0.2, -0.15) is 0 Å². The van der Waals surface area contributed by atoms with Gasteiger partial charge >= 0.3 is 28.9 Å². The molecule has 0 aromatic heterocycles. The summed E-state index contributed by atoms with van der Waals surface area (Å²) >= 11 is -2.27. The summed E-state index contributed by atoms with van der Waals surface area (Å²) in [4.78, 5) is 0. The molecule has 2 nitrogen and oxygen atoms in total. The largest absolute Gasteiger partial charge is 0 e. The maximum Gasteiger partial charge on any atom is 0 e. The first kappa shape index (κ1) is 9.02. The van der Waals surface area contributed by atoms with Gasteiger partial charge in [0, 0.05) is 25.8 Å². The molecule has 0 bridgehead atoms. The topological polar surface area (TPSA) is 34.1 Å². The van der Waals surface area contributed by atoms with Crippen molar-refractivity contribution in [3.8, 4) is 0 Å². The first-order valence-electron chi connectivity index (χ1n) is 0.408. The van der Waals surface area contributed by atoms with Crippen LogP contribution < -0.4 is 0 Å². The molecule has 0 aromatic carbocycles. The van der Waals surface area contributed by atoms with Crippen LogP contribution in [0.15, 0.2) is 0 Å². The van der Waals surface area contributed by atoms with Crippen LogP contribution >= 0.6 is 0 Å².